The van der Waals surface area contributed by atoms with Crippen molar-refractivity contribution in [3.8, 4) is 0 Å². The van der Waals surface area contributed by atoms with Gasteiger partial charge in [0.05, 0.1) is 5.75 Å². The van der Waals surface area contributed by atoms with E-state index in [1.807, 2.05) is 20.1 Å². The Morgan fingerprint density at radius 1 is 1.55 bits per heavy atom. The Morgan fingerprint density at radius 3 is 2.64 bits per heavy atom. The normalized spacial score (nSPS) is 9.00. The molecule has 0 radical (unpaired) electrons. The summed E-state index contributed by atoms with van der Waals surface area (Å²) in [4.78, 5) is 14.8. The molecule has 0 bridgehead atoms. The molecule has 0 unspecified atom stereocenters. The van der Waals surface area contributed by atoms with E-state index in [1.165, 1.54) is 11.8 Å². The molecule has 64 valence electrons. The van der Waals surface area contributed by atoms with Crippen molar-refractivity contribution in [3.63, 3.8) is 0 Å². The van der Waals surface area contributed by atoms with Crippen molar-refractivity contribution in [3.05, 3.63) is 0 Å². The van der Waals surface area contributed by atoms with E-state index in [2.05, 4.69) is 10.3 Å². The van der Waals surface area contributed by atoms with E-state index in [0.29, 0.717) is 12.4 Å². The number of thioether (sulfide) groups is 1. The number of hydrogen-bond acceptors (Lipinski definition) is 3. The maximum atomic E-state index is 10.8. The van der Waals surface area contributed by atoms with E-state index in [-0.39, 0.29) is 5.91 Å². The number of nitrogens with zero attached hydrogens (tertiary/aromatic N) is 1. The Hall–Kier alpha value is -0.510. The van der Waals surface area contributed by atoms with Gasteiger partial charge in [0.15, 0.2) is 0 Å². The second-order valence-corrected chi connectivity index (χ2v) is 3.16. The minimum absolute atomic E-state index is 0.0440. The van der Waals surface area contributed by atoms with Crippen LogP contribution in [0.25, 0.3) is 0 Å². The lowest BCUT2D eigenvalue weighted by Crippen LogP contribution is -2.25. The van der Waals surface area contributed by atoms with Gasteiger partial charge in [0, 0.05) is 5.71 Å². The first-order valence-electron chi connectivity index (χ1n) is 3.40. The van der Waals surface area contributed by atoms with Crippen LogP contribution in [0.15, 0.2) is 4.99 Å². The molecule has 0 aromatic rings. The van der Waals surface area contributed by atoms with Gasteiger partial charge in [-0.15, -0.1) is 0 Å². The number of aliphatic imine (C=N–C) groups is 1. The van der Waals surface area contributed by atoms with E-state index >= 15 is 0 Å². The van der Waals surface area contributed by atoms with Gasteiger partial charge in [0.2, 0.25) is 5.91 Å². The van der Waals surface area contributed by atoms with Crippen LogP contribution in [-0.2, 0) is 4.79 Å². The van der Waals surface area contributed by atoms with Crippen LogP contribution in [0.2, 0.25) is 0 Å². The third-order valence-corrected chi connectivity index (χ3v) is 1.50. The lowest BCUT2D eigenvalue weighted by atomic mass is 10.5. The molecule has 0 fully saturated rings. The molecule has 3 nitrogen and oxygen atoms in total. The topological polar surface area (TPSA) is 41.5 Å². The van der Waals surface area contributed by atoms with E-state index in [4.69, 9.17) is 0 Å². The molecule has 1 amide bonds. The van der Waals surface area contributed by atoms with Crippen LogP contribution in [0.3, 0.4) is 0 Å². The molecule has 0 saturated carbocycles. The van der Waals surface area contributed by atoms with Crippen molar-refractivity contribution in [2.75, 3.05) is 18.7 Å². The van der Waals surface area contributed by atoms with Gasteiger partial charge in [-0.2, -0.15) is 11.8 Å². The Balaban J connectivity index is 3.39. The van der Waals surface area contributed by atoms with Crippen LogP contribution in [0, 0.1) is 0 Å². The summed E-state index contributed by atoms with van der Waals surface area (Å²) in [6, 6.07) is 0. The second kappa shape index (κ2) is 6.22. The van der Waals surface area contributed by atoms with Crippen LogP contribution >= 0.6 is 11.8 Å². The van der Waals surface area contributed by atoms with Crippen molar-refractivity contribution in [2.24, 2.45) is 4.99 Å². The minimum Gasteiger partial charge on any atom is -0.336 e. The van der Waals surface area contributed by atoms with Crippen molar-refractivity contribution >= 4 is 23.4 Å². The van der Waals surface area contributed by atoms with Crippen LogP contribution < -0.4 is 5.32 Å². The van der Waals surface area contributed by atoms with Crippen LogP contribution in [0.4, 0.5) is 0 Å². The molecule has 0 aliphatic carbocycles. The van der Waals surface area contributed by atoms with Gasteiger partial charge < -0.3 is 5.32 Å². The highest BCUT2D eigenvalue weighted by Crippen LogP contribution is 1.88. The Labute approximate surface area is 71.7 Å². The van der Waals surface area contributed by atoms with E-state index in [9.17, 15) is 4.79 Å². The molecule has 4 heteroatoms. The fraction of sp³-hybridized carbons (Fsp3) is 0.714. The van der Waals surface area contributed by atoms with Gasteiger partial charge in [-0.1, -0.05) is 0 Å². The Kier molecular flexibility index (Phi) is 5.93. The molecule has 0 aromatic heterocycles. The van der Waals surface area contributed by atoms with Crippen LogP contribution in [0.1, 0.15) is 13.8 Å². The average Bonchev–Trinajstić information content (AvgIpc) is 1.87. The third kappa shape index (κ3) is 7.39. The van der Waals surface area contributed by atoms with Crippen molar-refractivity contribution < 1.29 is 4.79 Å². The van der Waals surface area contributed by atoms with Gasteiger partial charge in [0.25, 0.3) is 0 Å². The Bertz CT molecular complexity index is 153. The quantitative estimate of drug-likeness (QED) is 0.643. The number of carbonyl (C=O) groups is 1. The van der Waals surface area contributed by atoms with E-state index in [1.54, 1.807) is 0 Å². The monoisotopic (exact) mass is 174 g/mol. The zero-order valence-corrected chi connectivity index (χ0v) is 7.99. The zero-order chi connectivity index (χ0) is 8.69. The van der Waals surface area contributed by atoms with Crippen LogP contribution in [-0.4, -0.2) is 30.3 Å². The van der Waals surface area contributed by atoms with Crippen LogP contribution in [0.5, 0.6) is 0 Å². The van der Waals surface area contributed by atoms with E-state index in [0.717, 1.165) is 5.71 Å². The minimum atomic E-state index is 0.0440. The SMILES string of the molecule is CSCC(=O)NCN=C(C)C. The second-order valence-electron chi connectivity index (χ2n) is 2.30. The molecule has 0 aliphatic rings. The summed E-state index contributed by atoms with van der Waals surface area (Å²) in [6.07, 6.45) is 1.90. The number of hydrogen-bond donors (Lipinski definition) is 1. The van der Waals surface area contributed by atoms with Gasteiger partial charge in [0.1, 0.15) is 6.67 Å². The summed E-state index contributed by atoms with van der Waals surface area (Å²) in [7, 11) is 0. The molecule has 0 atom stereocenters. The lowest BCUT2D eigenvalue weighted by Gasteiger charge is -1.99. The molecule has 0 aromatic carbocycles. The van der Waals surface area contributed by atoms with Gasteiger partial charge >= 0.3 is 0 Å². The molecule has 11 heavy (non-hydrogen) atoms. The fourth-order valence-corrected chi connectivity index (χ4v) is 0.832. The summed E-state index contributed by atoms with van der Waals surface area (Å²) in [5.74, 6) is 0.556. The zero-order valence-electron chi connectivity index (χ0n) is 7.18. The van der Waals surface area contributed by atoms with Crippen molar-refractivity contribution in [1.82, 2.24) is 5.32 Å². The average molecular weight is 174 g/mol. The summed E-state index contributed by atoms with van der Waals surface area (Å²) in [6.45, 7) is 4.21. The first-order chi connectivity index (χ1) is 5.16. The molecule has 0 spiro atoms. The fourth-order valence-electron chi connectivity index (χ4n) is 0.468. The molecule has 1 N–H and O–H groups in total. The molecule has 0 saturated heterocycles. The third-order valence-electron chi connectivity index (χ3n) is 0.947. The van der Waals surface area contributed by atoms with Gasteiger partial charge in [-0.05, 0) is 20.1 Å². The predicted molar refractivity (Wildman–Crippen MR) is 50.2 cm³/mol. The summed E-state index contributed by atoms with van der Waals surface area (Å²) < 4.78 is 0. The number of rotatable bonds is 4. The molecular weight excluding hydrogens is 160 g/mol. The highest BCUT2D eigenvalue weighted by atomic mass is 32.2. The molecule has 0 aliphatic heterocycles. The maximum Gasteiger partial charge on any atom is 0.231 e. The maximum absolute atomic E-state index is 10.8. The van der Waals surface area contributed by atoms with Crippen molar-refractivity contribution in [2.45, 2.75) is 13.8 Å². The lowest BCUT2D eigenvalue weighted by molar-refractivity contribution is -0.118. The molecule has 0 rings (SSSR count). The molecular formula is C7H14N2OS. The smallest absolute Gasteiger partial charge is 0.231 e. The number of amides is 1. The highest BCUT2D eigenvalue weighted by Gasteiger charge is 1.95. The molecule has 0 heterocycles. The first-order valence-corrected chi connectivity index (χ1v) is 4.79. The van der Waals surface area contributed by atoms with E-state index < -0.39 is 0 Å². The summed E-state index contributed by atoms with van der Waals surface area (Å²) >= 11 is 1.51. The number of carbonyl (C=O) groups excluding carboxylic acids is 1. The standard InChI is InChI=1S/C7H14N2OS/c1-6(2)8-5-9-7(10)4-11-3/h4-5H2,1-3H3,(H,9,10). The predicted octanol–water partition coefficient (Wildman–Crippen LogP) is 0.904. The van der Waals surface area contributed by atoms with Gasteiger partial charge in [-0.3, -0.25) is 9.79 Å². The summed E-state index contributed by atoms with van der Waals surface area (Å²) in [5.41, 5.74) is 0.981. The van der Waals surface area contributed by atoms with Crippen molar-refractivity contribution in [1.29, 1.82) is 0 Å². The Morgan fingerprint density at radius 2 is 2.18 bits per heavy atom. The number of nitrogens with one attached hydrogen (secondary N) is 1. The highest BCUT2D eigenvalue weighted by molar-refractivity contribution is 7.99. The largest absolute Gasteiger partial charge is 0.336 e. The summed E-state index contributed by atoms with van der Waals surface area (Å²) in [5, 5.41) is 2.67. The van der Waals surface area contributed by atoms with Gasteiger partial charge in [-0.25, -0.2) is 0 Å². The first kappa shape index (κ1) is 10.5.